The van der Waals surface area contributed by atoms with Gasteiger partial charge in [0.25, 0.3) is 0 Å². The van der Waals surface area contributed by atoms with Gasteiger partial charge in [-0.05, 0) is 60.7 Å². The Morgan fingerprint density at radius 2 is 1.79 bits per heavy atom. The van der Waals surface area contributed by atoms with Crippen molar-refractivity contribution < 1.29 is 32.2 Å². The first-order valence-corrected chi connectivity index (χ1v) is 12.5. The Morgan fingerprint density at radius 3 is 2.51 bits per heavy atom. The number of rotatable bonds is 13. The third-order valence-corrected chi connectivity index (χ3v) is 6.01. The summed E-state index contributed by atoms with van der Waals surface area (Å²) in [5, 5.41) is 8.86. The van der Waals surface area contributed by atoms with Crippen molar-refractivity contribution in [1.29, 1.82) is 0 Å². The highest BCUT2D eigenvalue weighted by Gasteiger charge is 2.29. The van der Waals surface area contributed by atoms with E-state index < -0.39 is 17.7 Å². The number of ether oxygens (including phenoxy) is 1. The fourth-order valence-corrected chi connectivity index (χ4v) is 3.93. The molecule has 0 spiro atoms. The molecule has 0 aliphatic carbocycles. The fourth-order valence-electron chi connectivity index (χ4n) is 3.93. The van der Waals surface area contributed by atoms with Crippen LogP contribution in [-0.2, 0) is 37.0 Å². The number of hydrogen-bond acceptors (Lipinski definition) is 5. The molecule has 0 unspecified atom stereocenters. The van der Waals surface area contributed by atoms with Crippen LogP contribution in [0.3, 0.4) is 0 Å². The second-order valence-electron chi connectivity index (χ2n) is 8.95. The maximum Gasteiger partial charge on any atom is 0.416 e. The third-order valence-electron chi connectivity index (χ3n) is 6.01. The summed E-state index contributed by atoms with van der Waals surface area (Å²) in [6, 6.07) is 12.7. The van der Waals surface area contributed by atoms with Crippen LogP contribution in [0.5, 0.6) is 5.75 Å². The van der Waals surface area contributed by atoms with Crippen molar-refractivity contribution in [2.75, 3.05) is 0 Å². The van der Waals surface area contributed by atoms with E-state index in [2.05, 4.69) is 9.97 Å². The smallest absolute Gasteiger partial charge is 0.416 e. The first-order valence-electron chi connectivity index (χ1n) is 12.5. The van der Waals surface area contributed by atoms with Crippen molar-refractivity contribution in [2.24, 2.45) is 0 Å². The number of carboxylic acid groups (broad SMARTS) is 1. The van der Waals surface area contributed by atoms with E-state index in [1.165, 1.54) is 24.0 Å². The standard InChI is InChI=1S/C29H28F3N3O4/c30-29(31,32)23-9-4-22(5-10-23)8-14-27-34-24(20-39-27)19-38-25-11-6-21(7-12-25)3-1-2-17-35-18-16-33-26(35)13-15-28(36)37/h4-12,14,16,18,20H,1-3,13,15,17,19H2,(H,36,37). The summed E-state index contributed by atoms with van der Waals surface area (Å²) in [4.78, 5) is 19.3. The summed E-state index contributed by atoms with van der Waals surface area (Å²) in [6.07, 6.45) is 7.28. The van der Waals surface area contributed by atoms with E-state index >= 15 is 0 Å². The second kappa shape index (κ2) is 12.9. The van der Waals surface area contributed by atoms with Crippen molar-refractivity contribution in [2.45, 2.75) is 51.4 Å². The van der Waals surface area contributed by atoms with Gasteiger partial charge in [0.05, 0.1) is 12.0 Å². The molecule has 0 aliphatic rings. The molecule has 7 nitrogen and oxygen atoms in total. The second-order valence-corrected chi connectivity index (χ2v) is 8.95. The normalized spacial score (nSPS) is 11.8. The van der Waals surface area contributed by atoms with E-state index in [1.54, 1.807) is 18.3 Å². The average Bonchev–Trinajstić information content (AvgIpc) is 3.57. The topological polar surface area (TPSA) is 90.4 Å². The quantitative estimate of drug-likeness (QED) is 0.191. The van der Waals surface area contributed by atoms with E-state index in [0.717, 1.165) is 43.8 Å². The average molecular weight is 540 g/mol. The number of aliphatic carboxylic acids is 1. The van der Waals surface area contributed by atoms with Gasteiger partial charge >= 0.3 is 12.1 Å². The number of carbonyl (C=O) groups is 1. The minimum absolute atomic E-state index is 0.0756. The summed E-state index contributed by atoms with van der Waals surface area (Å²) in [6.45, 7) is 1.02. The predicted octanol–water partition coefficient (Wildman–Crippen LogP) is 6.68. The zero-order valence-electron chi connectivity index (χ0n) is 21.1. The van der Waals surface area contributed by atoms with Crippen LogP contribution in [0.1, 0.15) is 53.4 Å². The largest absolute Gasteiger partial charge is 0.487 e. The number of alkyl halides is 3. The van der Waals surface area contributed by atoms with Gasteiger partial charge in [0.15, 0.2) is 0 Å². The van der Waals surface area contributed by atoms with E-state index in [0.29, 0.717) is 29.3 Å². The number of halogens is 3. The molecule has 0 saturated heterocycles. The maximum absolute atomic E-state index is 12.7. The zero-order chi connectivity index (χ0) is 27.7. The SMILES string of the molecule is O=C(O)CCc1nccn1CCCCc1ccc(OCc2coc(C=Cc3ccc(C(F)(F)F)cc3)n2)cc1. The first kappa shape index (κ1) is 27.7. The Balaban J connectivity index is 1.18. The molecule has 0 fully saturated rings. The summed E-state index contributed by atoms with van der Waals surface area (Å²) in [7, 11) is 0. The van der Waals surface area contributed by atoms with Crippen LogP contribution in [0.4, 0.5) is 13.2 Å². The van der Waals surface area contributed by atoms with Gasteiger partial charge in [-0.15, -0.1) is 0 Å². The van der Waals surface area contributed by atoms with Gasteiger partial charge in [-0.25, -0.2) is 9.97 Å². The molecule has 204 valence electrons. The molecule has 4 aromatic rings. The number of aryl methyl sites for hydroxylation is 3. The molecule has 0 aliphatic heterocycles. The van der Waals surface area contributed by atoms with Gasteiger partial charge in [-0.3, -0.25) is 4.79 Å². The summed E-state index contributed by atoms with van der Waals surface area (Å²) >= 11 is 0. The van der Waals surface area contributed by atoms with E-state index in [9.17, 15) is 18.0 Å². The molecule has 2 aromatic carbocycles. The molecule has 0 bridgehead atoms. The lowest BCUT2D eigenvalue weighted by atomic mass is 10.1. The van der Waals surface area contributed by atoms with Crippen LogP contribution in [0, 0.1) is 0 Å². The van der Waals surface area contributed by atoms with Crippen LogP contribution in [-0.4, -0.2) is 25.6 Å². The first-order chi connectivity index (χ1) is 18.8. The monoisotopic (exact) mass is 539 g/mol. The van der Waals surface area contributed by atoms with Gasteiger partial charge in [0, 0.05) is 31.4 Å². The minimum Gasteiger partial charge on any atom is -0.487 e. The van der Waals surface area contributed by atoms with Crippen LogP contribution in [0.15, 0.2) is 71.6 Å². The molecule has 2 aromatic heterocycles. The van der Waals surface area contributed by atoms with E-state index in [4.69, 9.17) is 14.3 Å². The number of hydrogen-bond donors (Lipinski definition) is 1. The van der Waals surface area contributed by atoms with E-state index in [-0.39, 0.29) is 13.0 Å². The molecule has 10 heteroatoms. The Labute approximate surface area is 223 Å². The molecule has 4 rings (SSSR count). The van der Waals surface area contributed by atoms with Crippen molar-refractivity contribution in [3.8, 4) is 5.75 Å². The highest BCUT2D eigenvalue weighted by Crippen LogP contribution is 2.29. The molecule has 39 heavy (non-hydrogen) atoms. The van der Waals surface area contributed by atoms with Crippen molar-refractivity contribution >= 4 is 18.1 Å². The number of unbranched alkanes of at least 4 members (excludes halogenated alkanes) is 1. The predicted molar refractivity (Wildman–Crippen MR) is 139 cm³/mol. The van der Waals surface area contributed by atoms with Crippen LogP contribution >= 0.6 is 0 Å². The molecule has 0 radical (unpaired) electrons. The Morgan fingerprint density at radius 1 is 1.03 bits per heavy atom. The maximum atomic E-state index is 12.7. The van der Waals surface area contributed by atoms with Gasteiger partial charge < -0.3 is 18.8 Å². The van der Waals surface area contributed by atoms with Gasteiger partial charge in [-0.1, -0.05) is 24.3 Å². The van der Waals surface area contributed by atoms with Crippen LogP contribution < -0.4 is 4.74 Å². The Hall–Kier alpha value is -4.34. The number of benzene rings is 2. The molecule has 0 atom stereocenters. The molecular weight excluding hydrogens is 511 g/mol. The van der Waals surface area contributed by atoms with E-state index in [1.807, 2.05) is 35.0 Å². The van der Waals surface area contributed by atoms with Crippen molar-refractivity contribution in [3.63, 3.8) is 0 Å². The number of carboxylic acids is 1. The fraction of sp³-hybridized carbons (Fsp3) is 0.276. The Kier molecular flexibility index (Phi) is 9.19. The molecule has 1 N–H and O–H groups in total. The lowest BCUT2D eigenvalue weighted by Gasteiger charge is -2.08. The van der Waals surface area contributed by atoms with Gasteiger partial charge in [0.2, 0.25) is 5.89 Å². The van der Waals surface area contributed by atoms with Crippen molar-refractivity contribution in [1.82, 2.24) is 14.5 Å². The lowest BCUT2D eigenvalue weighted by molar-refractivity contribution is -0.138. The molecule has 2 heterocycles. The summed E-state index contributed by atoms with van der Waals surface area (Å²) in [5.74, 6) is 1.00. The van der Waals surface area contributed by atoms with Crippen LogP contribution in [0.2, 0.25) is 0 Å². The lowest BCUT2D eigenvalue weighted by Crippen LogP contribution is -2.06. The van der Waals surface area contributed by atoms with Gasteiger partial charge in [0.1, 0.15) is 30.1 Å². The highest BCUT2D eigenvalue weighted by atomic mass is 19.4. The number of oxazole rings is 1. The van der Waals surface area contributed by atoms with Gasteiger partial charge in [-0.2, -0.15) is 13.2 Å². The zero-order valence-corrected chi connectivity index (χ0v) is 21.1. The van der Waals surface area contributed by atoms with Crippen LogP contribution in [0.25, 0.3) is 12.2 Å². The van der Waals surface area contributed by atoms with Crippen molar-refractivity contribution in [3.05, 3.63) is 101 Å². The number of imidazole rings is 1. The number of aromatic nitrogens is 3. The minimum atomic E-state index is -4.36. The Bertz CT molecular complexity index is 1370. The summed E-state index contributed by atoms with van der Waals surface area (Å²) in [5.41, 5.74) is 1.68. The molecule has 0 amide bonds. The highest BCUT2D eigenvalue weighted by molar-refractivity contribution is 5.67. The summed E-state index contributed by atoms with van der Waals surface area (Å²) < 4.78 is 51.2. The third kappa shape index (κ3) is 8.59. The molecule has 0 saturated carbocycles. The molecular formula is C29H28F3N3O4. The number of nitrogens with zero attached hydrogens (tertiary/aromatic N) is 3.